The van der Waals surface area contributed by atoms with Crippen molar-refractivity contribution in [3.63, 3.8) is 0 Å². The molecule has 19 heavy (non-hydrogen) atoms. The van der Waals surface area contributed by atoms with Gasteiger partial charge in [-0.05, 0) is 43.5 Å². The van der Waals surface area contributed by atoms with Gasteiger partial charge in [0.05, 0.1) is 0 Å². The molecule has 0 bridgehead atoms. The van der Waals surface area contributed by atoms with Crippen molar-refractivity contribution >= 4 is 0 Å². The molecular formula is C17H29NO. The highest BCUT2D eigenvalue weighted by molar-refractivity contribution is 5.33. The molecule has 0 aliphatic heterocycles. The fourth-order valence-corrected chi connectivity index (χ4v) is 2.12. The maximum atomic E-state index is 5.96. The van der Waals surface area contributed by atoms with Gasteiger partial charge in [0.2, 0.25) is 0 Å². The average molecular weight is 263 g/mol. The van der Waals surface area contributed by atoms with Gasteiger partial charge in [-0.25, -0.2) is 0 Å². The summed E-state index contributed by atoms with van der Waals surface area (Å²) in [6, 6.07) is 8.45. The van der Waals surface area contributed by atoms with Crippen molar-refractivity contribution in [2.24, 2.45) is 5.92 Å². The summed E-state index contributed by atoms with van der Waals surface area (Å²) in [5, 5.41) is 0. The average Bonchev–Trinajstić information content (AvgIpc) is 2.42. The molecule has 0 aliphatic rings. The van der Waals surface area contributed by atoms with Gasteiger partial charge in [-0.15, -0.1) is 0 Å². The molecule has 0 unspecified atom stereocenters. The first-order valence-electron chi connectivity index (χ1n) is 7.60. The van der Waals surface area contributed by atoms with E-state index in [0.717, 1.165) is 44.3 Å². The third-order valence-corrected chi connectivity index (χ3v) is 3.52. The summed E-state index contributed by atoms with van der Waals surface area (Å²) in [4.78, 5) is 2.39. The van der Waals surface area contributed by atoms with Crippen LogP contribution in [0.25, 0.3) is 0 Å². The van der Waals surface area contributed by atoms with E-state index in [1.165, 1.54) is 12.0 Å². The predicted octanol–water partition coefficient (Wildman–Crippen LogP) is 4.00. The maximum Gasteiger partial charge on any atom is 0.122 e. The molecule has 0 amide bonds. The van der Waals surface area contributed by atoms with E-state index >= 15 is 0 Å². The van der Waals surface area contributed by atoms with Crippen LogP contribution in [0.1, 0.15) is 39.7 Å². The van der Waals surface area contributed by atoms with Gasteiger partial charge in [0.15, 0.2) is 0 Å². The van der Waals surface area contributed by atoms with Gasteiger partial charge in [0.25, 0.3) is 0 Å². The van der Waals surface area contributed by atoms with Crippen molar-refractivity contribution in [3.8, 4) is 5.75 Å². The summed E-state index contributed by atoms with van der Waals surface area (Å²) in [6.45, 7) is 12.9. The highest BCUT2D eigenvalue weighted by Gasteiger charge is 2.05. The molecule has 0 N–H and O–H groups in total. The van der Waals surface area contributed by atoms with Gasteiger partial charge in [0.1, 0.15) is 12.4 Å². The quantitative estimate of drug-likeness (QED) is 0.668. The number of rotatable bonds is 9. The molecule has 2 nitrogen and oxygen atoms in total. The molecule has 0 radical (unpaired) electrons. The van der Waals surface area contributed by atoms with E-state index in [1.807, 2.05) is 0 Å². The van der Waals surface area contributed by atoms with E-state index < -0.39 is 0 Å². The van der Waals surface area contributed by atoms with Gasteiger partial charge >= 0.3 is 0 Å². The number of para-hydroxylation sites is 1. The summed E-state index contributed by atoms with van der Waals surface area (Å²) < 4.78 is 5.96. The van der Waals surface area contributed by atoms with Gasteiger partial charge in [-0.1, -0.05) is 45.9 Å². The predicted molar refractivity (Wildman–Crippen MR) is 82.9 cm³/mol. The molecule has 2 heteroatoms. The van der Waals surface area contributed by atoms with Crippen molar-refractivity contribution in [2.75, 3.05) is 26.2 Å². The highest BCUT2D eigenvalue weighted by atomic mass is 16.5. The first kappa shape index (κ1) is 16.0. The lowest BCUT2D eigenvalue weighted by Gasteiger charge is -2.19. The van der Waals surface area contributed by atoms with Crippen molar-refractivity contribution < 1.29 is 4.74 Å². The van der Waals surface area contributed by atoms with Crippen LogP contribution < -0.4 is 4.74 Å². The van der Waals surface area contributed by atoms with Crippen LogP contribution in [-0.4, -0.2) is 31.1 Å². The Morgan fingerprint density at radius 1 is 1.11 bits per heavy atom. The lowest BCUT2D eigenvalue weighted by molar-refractivity contribution is 0.221. The molecule has 0 spiro atoms. The molecule has 1 aromatic carbocycles. The van der Waals surface area contributed by atoms with Gasteiger partial charge in [-0.2, -0.15) is 0 Å². The summed E-state index contributed by atoms with van der Waals surface area (Å²) in [7, 11) is 0. The monoisotopic (exact) mass is 263 g/mol. The van der Waals surface area contributed by atoms with Crippen LogP contribution in [-0.2, 0) is 6.42 Å². The maximum absolute atomic E-state index is 5.96. The highest BCUT2D eigenvalue weighted by Crippen LogP contribution is 2.21. The van der Waals surface area contributed by atoms with Crippen LogP contribution >= 0.6 is 0 Å². The second-order valence-electron chi connectivity index (χ2n) is 5.42. The zero-order valence-corrected chi connectivity index (χ0v) is 13.0. The molecule has 1 aromatic rings. The topological polar surface area (TPSA) is 12.5 Å². The second kappa shape index (κ2) is 8.98. The van der Waals surface area contributed by atoms with E-state index in [4.69, 9.17) is 4.74 Å². The second-order valence-corrected chi connectivity index (χ2v) is 5.42. The standard InChI is InChI=1S/C17H29NO/c1-5-18(6-2)13-14-19-17-10-8-7-9-16(17)12-11-15(3)4/h7-10,15H,5-6,11-14H2,1-4H3. The summed E-state index contributed by atoms with van der Waals surface area (Å²) in [5.41, 5.74) is 1.34. The minimum Gasteiger partial charge on any atom is -0.492 e. The number of hydrogen-bond donors (Lipinski definition) is 0. The lowest BCUT2D eigenvalue weighted by Crippen LogP contribution is -2.28. The largest absolute Gasteiger partial charge is 0.492 e. The molecule has 0 atom stereocenters. The zero-order chi connectivity index (χ0) is 14.1. The van der Waals surface area contributed by atoms with E-state index in [0.29, 0.717) is 0 Å². The van der Waals surface area contributed by atoms with Crippen LogP contribution in [0, 0.1) is 5.92 Å². The molecule has 108 valence electrons. The van der Waals surface area contributed by atoms with E-state index in [2.05, 4.69) is 56.9 Å². The first-order valence-corrected chi connectivity index (χ1v) is 7.60. The number of likely N-dealkylation sites (N-methyl/N-ethyl adjacent to an activating group) is 1. The summed E-state index contributed by atoms with van der Waals surface area (Å²) >= 11 is 0. The van der Waals surface area contributed by atoms with Crippen LogP contribution in [0.2, 0.25) is 0 Å². The Hall–Kier alpha value is -1.02. The minimum atomic E-state index is 0.740. The smallest absolute Gasteiger partial charge is 0.122 e. The number of ether oxygens (including phenoxy) is 1. The molecule has 0 saturated carbocycles. The fourth-order valence-electron chi connectivity index (χ4n) is 2.12. The van der Waals surface area contributed by atoms with Crippen molar-refractivity contribution in [2.45, 2.75) is 40.5 Å². The molecular weight excluding hydrogens is 234 g/mol. The molecule has 0 aromatic heterocycles. The fraction of sp³-hybridized carbons (Fsp3) is 0.647. The molecule has 0 fully saturated rings. The van der Waals surface area contributed by atoms with Crippen LogP contribution in [0.15, 0.2) is 24.3 Å². The SMILES string of the molecule is CCN(CC)CCOc1ccccc1CCC(C)C. The van der Waals surface area contributed by atoms with E-state index in [9.17, 15) is 0 Å². The van der Waals surface area contributed by atoms with Gasteiger partial charge in [-0.3, -0.25) is 0 Å². The van der Waals surface area contributed by atoms with Crippen LogP contribution in [0.3, 0.4) is 0 Å². The van der Waals surface area contributed by atoms with Crippen LogP contribution in [0.4, 0.5) is 0 Å². The number of benzene rings is 1. The molecule has 0 heterocycles. The van der Waals surface area contributed by atoms with Gasteiger partial charge < -0.3 is 9.64 Å². The minimum absolute atomic E-state index is 0.740. The number of hydrogen-bond acceptors (Lipinski definition) is 2. The molecule has 0 saturated heterocycles. The Morgan fingerprint density at radius 3 is 2.42 bits per heavy atom. The van der Waals surface area contributed by atoms with Crippen molar-refractivity contribution in [1.29, 1.82) is 0 Å². The Kier molecular flexibility index (Phi) is 7.57. The summed E-state index contributed by atoms with van der Waals surface area (Å²) in [5.74, 6) is 1.80. The van der Waals surface area contributed by atoms with Crippen molar-refractivity contribution in [1.82, 2.24) is 4.90 Å². The van der Waals surface area contributed by atoms with E-state index in [-0.39, 0.29) is 0 Å². The first-order chi connectivity index (χ1) is 9.17. The number of aryl methyl sites for hydroxylation is 1. The molecule has 0 aliphatic carbocycles. The van der Waals surface area contributed by atoms with Gasteiger partial charge in [0, 0.05) is 6.54 Å². The lowest BCUT2D eigenvalue weighted by atomic mass is 10.0. The normalized spacial score (nSPS) is 11.3. The van der Waals surface area contributed by atoms with E-state index in [1.54, 1.807) is 0 Å². The Bertz CT molecular complexity index is 345. The summed E-state index contributed by atoms with van der Waals surface area (Å²) in [6.07, 6.45) is 2.33. The Labute approximate surface area is 118 Å². The third kappa shape index (κ3) is 6.11. The third-order valence-electron chi connectivity index (χ3n) is 3.52. The Balaban J connectivity index is 2.48. The Morgan fingerprint density at radius 2 is 1.79 bits per heavy atom. The zero-order valence-electron chi connectivity index (χ0n) is 13.0. The van der Waals surface area contributed by atoms with Crippen LogP contribution in [0.5, 0.6) is 5.75 Å². The molecule has 1 rings (SSSR count). The van der Waals surface area contributed by atoms with Crippen molar-refractivity contribution in [3.05, 3.63) is 29.8 Å². The number of nitrogens with zero attached hydrogens (tertiary/aromatic N) is 1.